The highest BCUT2D eigenvalue weighted by atomic mass is 16.5. The van der Waals surface area contributed by atoms with Gasteiger partial charge in [0.05, 0.1) is 24.2 Å². The summed E-state index contributed by atoms with van der Waals surface area (Å²) in [7, 11) is 0. The number of aliphatic hydroxyl groups excluding tert-OH is 1. The Morgan fingerprint density at radius 2 is 1.88 bits per heavy atom. The fourth-order valence-corrected chi connectivity index (χ4v) is 3.30. The van der Waals surface area contributed by atoms with Crippen molar-refractivity contribution in [2.24, 2.45) is 11.3 Å². The molecule has 1 N–H and O–H groups in total. The standard InChI is InChI=1S/C14H23NO2/c15-11-14(7-3-1-2-4-8-14)13(16)12-6-5-9-17-10-12/h12-13,16H,1-10H2. The monoisotopic (exact) mass is 237 g/mol. The Balaban J connectivity index is 2.07. The van der Waals surface area contributed by atoms with Crippen molar-refractivity contribution in [3.05, 3.63) is 0 Å². The van der Waals surface area contributed by atoms with E-state index in [0.717, 1.165) is 45.1 Å². The molecule has 3 heteroatoms. The van der Waals surface area contributed by atoms with Crippen molar-refractivity contribution in [2.45, 2.75) is 57.5 Å². The van der Waals surface area contributed by atoms with Gasteiger partial charge in [-0.25, -0.2) is 0 Å². The fourth-order valence-electron chi connectivity index (χ4n) is 3.30. The molecule has 2 atom stereocenters. The third-order valence-corrected chi connectivity index (χ3v) is 4.43. The van der Waals surface area contributed by atoms with Gasteiger partial charge in [0, 0.05) is 12.5 Å². The second-order valence-electron chi connectivity index (χ2n) is 5.60. The second-order valence-corrected chi connectivity index (χ2v) is 5.60. The molecule has 2 aliphatic rings. The average molecular weight is 237 g/mol. The van der Waals surface area contributed by atoms with Crippen LogP contribution in [-0.4, -0.2) is 24.4 Å². The van der Waals surface area contributed by atoms with E-state index in [2.05, 4.69) is 6.07 Å². The predicted molar refractivity (Wildman–Crippen MR) is 65.3 cm³/mol. The predicted octanol–water partition coefficient (Wildman–Crippen LogP) is 2.64. The van der Waals surface area contributed by atoms with Crippen LogP contribution in [0.5, 0.6) is 0 Å². The van der Waals surface area contributed by atoms with Gasteiger partial charge >= 0.3 is 0 Å². The number of rotatable bonds is 2. The van der Waals surface area contributed by atoms with E-state index in [4.69, 9.17) is 4.74 Å². The van der Waals surface area contributed by atoms with E-state index in [1.54, 1.807) is 0 Å². The van der Waals surface area contributed by atoms with E-state index in [-0.39, 0.29) is 5.92 Å². The molecule has 0 radical (unpaired) electrons. The van der Waals surface area contributed by atoms with Crippen LogP contribution in [0.4, 0.5) is 0 Å². The van der Waals surface area contributed by atoms with Crippen LogP contribution in [0.1, 0.15) is 51.4 Å². The smallest absolute Gasteiger partial charge is 0.0835 e. The lowest BCUT2D eigenvalue weighted by molar-refractivity contribution is -0.0566. The molecule has 2 unspecified atom stereocenters. The molecular formula is C14H23NO2. The molecule has 2 rings (SSSR count). The summed E-state index contributed by atoms with van der Waals surface area (Å²) >= 11 is 0. The van der Waals surface area contributed by atoms with E-state index in [1.165, 1.54) is 12.8 Å². The quantitative estimate of drug-likeness (QED) is 0.751. The zero-order valence-electron chi connectivity index (χ0n) is 10.5. The molecule has 1 aliphatic heterocycles. The highest BCUT2D eigenvalue weighted by Gasteiger charge is 2.42. The van der Waals surface area contributed by atoms with E-state index in [1.807, 2.05) is 0 Å². The van der Waals surface area contributed by atoms with Gasteiger partial charge in [-0.3, -0.25) is 0 Å². The molecule has 0 amide bonds. The maximum atomic E-state index is 10.6. The first-order chi connectivity index (χ1) is 8.28. The van der Waals surface area contributed by atoms with E-state index in [9.17, 15) is 10.4 Å². The lowest BCUT2D eigenvalue weighted by atomic mass is 9.71. The first-order valence-corrected chi connectivity index (χ1v) is 6.95. The summed E-state index contributed by atoms with van der Waals surface area (Å²) in [6.45, 7) is 1.44. The molecule has 0 spiro atoms. The Hall–Kier alpha value is -0.590. The third kappa shape index (κ3) is 2.81. The second kappa shape index (κ2) is 5.84. The van der Waals surface area contributed by atoms with Gasteiger partial charge in [-0.2, -0.15) is 5.26 Å². The lowest BCUT2D eigenvalue weighted by Gasteiger charge is -2.37. The Bertz CT molecular complexity index is 270. The summed E-state index contributed by atoms with van der Waals surface area (Å²) in [5.41, 5.74) is -0.498. The molecule has 0 aromatic carbocycles. The van der Waals surface area contributed by atoms with E-state index >= 15 is 0 Å². The fraction of sp³-hybridized carbons (Fsp3) is 0.929. The molecule has 3 nitrogen and oxygen atoms in total. The van der Waals surface area contributed by atoms with Crippen LogP contribution in [0, 0.1) is 22.7 Å². The van der Waals surface area contributed by atoms with Crippen LogP contribution in [0.25, 0.3) is 0 Å². The third-order valence-electron chi connectivity index (χ3n) is 4.43. The van der Waals surface area contributed by atoms with Crippen molar-refractivity contribution in [3.63, 3.8) is 0 Å². The normalized spacial score (nSPS) is 31.2. The maximum absolute atomic E-state index is 10.6. The highest BCUT2D eigenvalue weighted by molar-refractivity contribution is 5.06. The van der Waals surface area contributed by atoms with Crippen LogP contribution in [0.2, 0.25) is 0 Å². The van der Waals surface area contributed by atoms with Crippen molar-refractivity contribution in [2.75, 3.05) is 13.2 Å². The van der Waals surface area contributed by atoms with Crippen molar-refractivity contribution in [3.8, 4) is 6.07 Å². The van der Waals surface area contributed by atoms with Crippen molar-refractivity contribution in [1.82, 2.24) is 0 Å². The van der Waals surface area contributed by atoms with Crippen LogP contribution >= 0.6 is 0 Å². The number of aliphatic hydroxyl groups is 1. The molecule has 0 aromatic heterocycles. The molecule has 0 bridgehead atoms. The Labute approximate surface area is 104 Å². The van der Waals surface area contributed by atoms with Crippen LogP contribution in [-0.2, 0) is 4.74 Å². The van der Waals surface area contributed by atoms with Crippen LogP contribution in [0.15, 0.2) is 0 Å². The van der Waals surface area contributed by atoms with Gasteiger partial charge < -0.3 is 9.84 Å². The highest BCUT2D eigenvalue weighted by Crippen LogP contribution is 2.41. The Morgan fingerprint density at radius 1 is 1.18 bits per heavy atom. The van der Waals surface area contributed by atoms with E-state index < -0.39 is 11.5 Å². The van der Waals surface area contributed by atoms with Gasteiger partial charge in [0.2, 0.25) is 0 Å². The van der Waals surface area contributed by atoms with Crippen molar-refractivity contribution < 1.29 is 9.84 Å². The average Bonchev–Trinajstić information content (AvgIpc) is 2.65. The Kier molecular flexibility index (Phi) is 4.42. The number of hydrogen-bond donors (Lipinski definition) is 1. The summed E-state index contributed by atoms with van der Waals surface area (Å²) in [6.07, 6.45) is 7.83. The summed E-state index contributed by atoms with van der Waals surface area (Å²) in [5.74, 6) is 0.168. The van der Waals surface area contributed by atoms with Gasteiger partial charge in [0.1, 0.15) is 0 Å². The number of hydrogen-bond acceptors (Lipinski definition) is 3. The first kappa shape index (κ1) is 12.9. The van der Waals surface area contributed by atoms with Crippen LogP contribution < -0.4 is 0 Å². The van der Waals surface area contributed by atoms with Crippen LogP contribution in [0.3, 0.4) is 0 Å². The minimum atomic E-state index is -0.498. The van der Waals surface area contributed by atoms with Gasteiger partial charge in [-0.1, -0.05) is 25.7 Å². The van der Waals surface area contributed by atoms with Gasteiger partial charge in [0.15, 0.2) is 0 Å². The summed E-state index contributed by atoms with van der Waals surface area (Å²) in [6, 6.07) is 2.45. The molecule has 1 heterocycles. The molecular weight excluding hydrogens is 214 g/mol. The first-order valence-electron chi connectivity index (χ1n) is 6.95. The van der Waals surface area contributed by atoms with Gasteiger partial charge in [0.25, 0.3) is 0 Å². The van der Waals surface area contributed by atoms with Gasteiger partial charge in [-0.05, 0) is 25.7 Å². The number of nitrogens with zero attached hydrogens (tertiary/aromatic N) is 1. The topological polar surface area (TPSA) is 53.2 Å². The van der Waals surface area contributed by atoms with Crippen molar-refractivity contribution in [1.29, 1.82) is 5.26 Å². The molecule has 1 saturated carbocycles. The SMILES string of the molecule is N#CC1(C(O)C2CCCOC2)CCCCCC1. The van der Waals surface area contributed by atoms with Crippen molar-refractivity contribution >= 4 is 0 Å². The molecule has 1 aliphatic carbocycles. The van der Waals surface area contributed by atoms with E-state index in [0.29, 0.717) is 6.61 Å². The Morgan fingerprint density at radius 3 is 2.41 bits per heavy atom. The molecule has 1 saturated heterocycles. The van der Waals surface area contributed by atoms with Gasteiger partial charge in [-0.15, -0.1) is 0 Å². The summed E-state index contributed by atoms with van der Waals surface area (Å²) in [5, 5.41) is 20.1. The summed E-state index contributed by atoms with van der Waals surface area (Å²) < 4.78 is 5.45. The molecule has 2 fully saturated rings. The molecule has 96 valence electrons. The molecule has 0 aromatic rings. The summed E-state index contributed by atoms with van der Waals surface area (Å²) in [4.78, 5) is 0. The zero-order chi connectivity index (χ0) is 12.1. The largest absolute Gasteiger partial charge is 0.391 e. The minimum Gasteiger partial charge on any atom is -0.391 e. The maximum Gasteiger partial charge on any atom is 0.0835 e. The minimum absolute atomic E-state index is 0.168. The lowest BCUT2D eigenvalue weighted by Crippen LogP contribution is -2.42. The molecule has 17 heavy (non-hydrogen) atoms. The zero-order valence-corrected chi connectivity index (χ0v) is 10.5. The number of nitriles is 1. The number of ether oxygens (including phenoxy) is 1.